The summed E-state index contributed by atoms with van der Waals surface area (Å²) >= 11 is 0. The van der Waals surface area contributed by atoms with Gasteiger partial charge < -0.3 is 14.8 Å². The highest BCUT2D eigenvalue weighted by atomic mass is 16.4. The minimum atomic E-state index is -0.953. The molecule has 1 aromatic heterocycles. The molecular weight excluding hydrogens is 200 g/mol. The van der Waals surface area contributed by atoms with Crippen LogP contribution in [0.5, 0.6) is 0 Å². The van der Waals surface area contributed by atoms with Gasteiger partial charge >= 0.3 is 11.7 Å². The molecule has 0 bridgehead atoms. The number of carboxylic acids is 1. The lowest BCUT2D eigenvalue weighted by atomic mass is 10.3. The van der Waals surface area contributed by atoms with Crippen molar-refractivity contribution in [3.8, 4) is 0 Å². The topological polar surface area (TPSA) is 95.3 Å². The average Bonchev–Trinajstić information content (AvgIpc) is 2.53. The summed E-state index contributed by atoms with van der Waals surface area (Å²) in [6.45, 7) is -0.180. The molecule has 0 radical (unpaired) electrons. The van der Waals surface area contributed by atoms with Crippen molar-refractivity contribution in [2.45, 2.75) is 0 Å². The molecule has 15 heavy (non-hydrogen) atoms. The van der Waals surface area contributed by atoms with Crippen molar-refractivity contribution < 1.29 is 14.3 Å². The van der Waals surface area contributed by atoms with Crippen LogP contribution in [0.3, 0.4) is 0 Å². The standard InChI is InChI=1S/C9H8N2O4/c12-8(13)4-10-5-1-2-6-7(3-5)15-9(14)11-6/h1-3,10H,4H2,(H,11,14)(H,12,13). The van der Waals surface area contributed by atoms with Crippen molar-refractivity contribution in [1.82, 2.24) is 4.98 Å². The minimum Gasteiger partial charge on any atom is -0.480 e. The Labute approximate surface area is 83.5 Å². The van der Waals surface area contributed by atoms with Crippen LogP contribution in [0.25, 0.3) is 11.1 Å². The van der Waals surface area contributed by atoms with Gasteiger partial charge in [0.05, 0.1) is 5.52 Å². The van der Waals surface area contributed by atoms with Gasteiger partial charge in [0.25, 0.3) is 0 Å². The highest BCUT2D eigenvalue weighted by Gasteiger charge is 2.02. The first-order chi connectivity index (χ1) is 7.15. The normalized spacial score (nSPS) is 10.4. The van der Waals surface area contributed by atoms with E-state index in [4.69, 9.17) is 9.52 Å². The van der Waals surface area contributed by atoms with Crippen molar-refractivity contribution in [1.29, 1.82) is 0 Å². The fraction of sp³-hybridized carbons (Fsp3) is 0.111. The highest BCUT2D eigenvalue weighted by molar-refractivity contribution is 5.78. The SMILES string of the molecule is O=C(O)CNc1ccc2[nH]c(=O)oc2c1. The van der Waals surface area contributed by atoms with Crippen LogP contribution in [0.1, 0.15) is 0 Å². The summed E-state index contributed by atoms with van der Waals surface area (Å²) in [6, 6.07) is 4.87. The summed E-state index contributed by atoms with van der Waals surface area (Å²) in [4.78, 5) is 23.6. The Kier molecular flexibility index (Phi) is 2.17. The summed E-state index contributed by atoms with van der Waals surface area (Å²) in [7, 11) is 0. The van der Waals surface area contributed by atoms with Gasteiger partial charge in [-0.2, -0.15) is 0 Å². The molecule has 0 aliphatic carbocycles. The van der Waals surface area contributed by atoms with E-state index in [1.54, 1.807) is 18.2 Å². The Balaban J connectivity index is 2.30. The molecule has 0 spiro atoms. The van der Waals surface area contributed by atoms with Crippen LogP contribution in [-0.4, -0.2) is 22.6 Å². The lowest BCUT2D eigenvalue weighted by Crippen LogP contribution is -2.11. The smallest absolute Gasteiger partial charge is 0.417 e. The first kappa shape index (κ1) is 9.32. The molecule has 0 atom stereocenters. The number of anilines is 1. The number of carbonyl (C=O) groups is 1. The number of rotatable bonds is 3. The third-order valence-corrected chi connectivity index (χ3v) is 1.86. The number of carboxylic acid groups (broad SMARTS) is 1. The molecule has 2 aromatic rings. The Morgan fingerprint density at radius 1 is 1.53 bits per heavy atom. The molecule has 3 N–H and O–H groups in total. The van der Waals surface area contributed by atoms with Gasteiger partial charge in [0.15, 0.2) is 5.58 Å². The van der Waals surface area contributed by atoms with Crippen LogP contribution in [0.15, 0.2) is 27.4 Å². The summed E-state index contributed by atoms with van der Waals surface area (Å²) < 4.78 is 4.82. The third-order valence-electron chi connectivity index (χ3n) is 1.86. The van der Waals surface area contributed by atoms with Crippen molar-refractivity contribution >= 4 is 22.8 Å². The number of nitrogens with one attached hydrogen (secondary N) is 2. The van der Waals surface area contributed by atoms with Crippen molar-refractivity contribution in [3.63, 3.8) is 0 Å². The number of aromatic nitrogens is 1. The zero-order valence-electron chi connectivity index (χ0n) is 7.61. The second-order valence-electron chi connectivity index (χ2n) is 2.97. The molecule has 2 rings (SSSR count). The van der Waals surface area contributed by atoms with E-state index in [0.29, 0.717) is 16.8 Å². The van der Waals surface area contributed by atoms with Gasteiger partial charge in [-0.1, -0.05) is 0 Å². The molecule has 0 saturated carbocycles. The number of hydrogen-bond donors (Lipinski definition) is 3. The average molecular weight is 208 g/mol. The molecule has 0 amide bonds. The maximum Gasteiger partial charge on any atom is 0.417 e. The number of oxazole rings is 1. The largest absolute Gasteiger partial charge is 0.480 e. The molecule has 0 aliphatic heterocycles. The van der Waals surface area contributed by atoms with E-state index in [-0.39, 0.29) is 6.54 Å². The van der Waals surface area contributed by atoms with Crippen molar-refractivity contribution in [3.05, 3.63) is 28.7 Å². The van der Waals surface area contributed by atoms with E-state index < -0.39 is 11.7 Å². The second-order valence-corrected chi connectivity index (χ2v) is 2.97. The Morgan fingerprint density at radius 2 is 2.33 bits per heavy atom. The number of hydrogen-bond acceptors (Lipinski definition) is 4. The van der Waals surface area contributed by atoms with Crippen LogP contribution in [0, 0.1) is 0 Å². The fourth-order valence-electron chi connectivity index (χ4n) is 1.23. The van der Waals surface area contributed by atoms with E-state index in [1.807, 2.05) is 0 Å². The fourth-order valence-corrected chi connectivity index (χ4v) is 1.23. The van der Waals surface area contributed by atoms with Crippen LogP contribution >= 0.6 is 0 Å². The second kappa shape index (κ2) is 3.49. The van der Waals surface area contributed by atoms with Crippen molar-refractivity contribution in [2.24, 2.45) is 0 Å². The number of aliphatic carboxylic acids is 1. The maximum absolute atomic E-state index is 10.8. The number of H-pyrrole nitrogens is 1. The quantitative estimate of drug-likeness (QED) is 0.687. The number of benzene rings is 1. The van der Waals surface area contributed by atoms with E-state index >= 15 is 0 Å². The van der Waals surface area contributed by atoms with Crippen LogP contribution in [0.2, 0.25) is 0 Å². The van der Waals surface area contributed by atoms with E-state index in [0.717, 1.165) is 0 Å². The number of fused-ring (bicyclic) bond motifs is 1. The van der Waals surface area contributed by atoms with Crippen LogP contribution in [-0.2, 0) is 4.79 Å². The predicted molar refractivity (Wildman–Crippen MR) is 53.0 cm³/mol. The predicted octanol–water partition coefficient (Wildman–Crippen LogP) is 0.618. The summed E-state index contributed by atoms with van der Waals surface area (Å²) in [5.74, 6) is -1.48. The molecular formula is C9H8N2O4. The summed E-state index contributed by atoms with van der Waals surface area (Å²) in [5, 5.41) is 11.1. The van der Waals surface area contributed by atoms with Gasteiger partial charge in [0.2, 0.25) is 0 Å². The molecule has 6 nitrogen and oxygen atoms in total. The monoisotopic (exact) mass is 208 g/mol. The maximum atomic E-state index is 10.8. The molecule has 6 heteroatoms. The lowest BCUT2D eigenvalue weighted by molar-refractivity contribution is -0.134. The molecule has 78 valence electrons. The summed E-state index contributed by atoms with van der Waals surface area (Å²) in [5.41, 5.74) is 1.57. The Bertz CT molecular complexity index is 554. The Morgan fingerprint density at radius 3 is 3.07 bits per heavy atom. The van der Waals surface area contributed by atoms with Gasteiger partial charge in [0.1, 0.15) is 6.54 Å². The van der Waals surface area contributed by atoms with Gasteiger partial charge in [-0.25, -0.2) is 4.79 Å². The van der Waals surface area contributed by atoms with Gasteiger partial charge in [0, 0.05) is 11.8 Å². The van der Waals surface area contributed by atoms with Crippen molar-refractivity contribution in [2.75, 3.05) is 11.9 Å². The van der Waals surface area contributed by atoms with E-state index in [9.17, 15) is 9.59 Å². The van der Waals surface area contributed by atoms with Crippen LogP contribution < -0.4 is 11.1 Å². The molecule has 0 saturated heterocycles. The zero-order valence-corrected chi connectivity index (χ0v) is 7.61. The molecule has 0 fully saturated rings. The number of aromatic amines is 1. The first-order valence-corrected chi connectivity index (χ1v) is 4.24. The molecule has 0 unspecified atom stereocenters. The van der Waals surface area contributed by atoms with Gasteiger partial charge in [-0.15, -0.1) is 0 Å². The van der Waals surface area contributed by atoms with Gasteiger partial charge in [-0.3, -0.25) is 9.78 Å². The Hall–Kier alpha value is -2.24. The van der Waals surface area contributed by atoms with Gasteiger partial charge in [-0.05, 0) is 12.1 Å². The van der Waals surface area contributed by atoms with E-state index in [2.05, 4.69) is 10.3 Å². The molecule has 0 aliphatic rings. The highest BCUT2D eigenvalue weighted by Crippen LogP contribution is 2.15. The summed E-state index contributed by atoms with van der Waals surface area (Å²) in [6.07, 6.45) is 0. The first-order valence-electron chi connectivity index (χ1n) is 4.24. The molecule has 1 heterocycles. The minimum absolute atomic E-state index is 0.180. The lowest BCUT2D eigenvalue weighted by Gasteiger charge is -2.01. The third kappa shape index (κ3) is 1.98. The van der Waals surface area contributed by atoms with E-state index in [1.165, 1.54) is 0 Å². The van der Waals surface area contributed by atoms with Crippen LogP contribution in [0.4, 0.5) is 5.69 Å². The molecule has 1 aromatic carbocycles. The zero-order chi connectivity index (χ0) is 10.8.